The molecule has 2 aromatic rings. The first-order valence-corrected chi connectivity index (χ1v) is 4.28. The molecule has 2 heterocycles. The molecule has 0 aromatic carbocycles. The molecule has 1 atom stereocenters. The molecule has 2 aromatic heterocycles. The van der Waals surface area contributed by atoms with Crippen LogP contribution in [-0.2, 0) is 0 Å². The van der Waals surface area contributed by atoms with Crippen LogP contribution in [0, 0.1) is 0 Å². The van der Waals surface area contributed by atoms with Gasteiger partial charge in [-0.1, -0.05) is 0 Å². The van der Waals surface area contributed by atoms with E-state index < -0.39 is 6.04 Å². The predicted octanol–water partition coefficient (Wildman–Crippen LogP) is 0.259. The van der Waals surface area contributed by atoms with Crippen molar-refractivity contribution in [3.8, 4) is 0 Å². The zero-order valence-electron chi connectivity index (χ0n) is 7.71. The summed E-state index contributed by atoms with van der Waals surface area (Å²) in [5.41, 5.74) is 6.59. The van der Waals surface area contributed by atoms with Gasteiger partial charge in [-0.05, 0) is 19.1 Å². The van der Waals surface area contributed by atoms with Crippen molar-refractivity contribution in [3.63, 3.8) is 0 Å². The molecule has 14 heavy (non-hydrogen) atoms. The van der Waals surface area contributed by atoms with Gasteiger partial charge in [-0.15, -0.1) is 0 Å². The van der Waals surface area contributed by atoms with Crippen molar-refractivity contribution in [1.82, 2.24) is 14.6 Å². The summed E-state index contributed by atoms with van der Waals surface area (Å²) in [7, 11) is 0. The fraction of sp³-hybridized carbons (Fsp3) is 0.222. The number of nitrogens with two attached hydrogens (primary N) is 1. The molecule has 0 aliphatic heterocycles. The first-order chi connectivity index (χ1) is 6.70. The number of fused-ring (bicyclic) bond motifs is 1. The van der Waals surface area contributed by atoms with Crippen LogP contribution in [0.25, 0.3) is 5.65 Å². The zero-order chi connectivity index (χ0) is 10.1. The second-order valence-corrected chi connectivity index (χ2v) is 3.10. The molecule has 0 bridgehead atoms. The van der Waals surface area contributed by atoms with Crippen LogP contribution in [0.5, 0.6) is 0 Å². The van der Waals surface area contributed by atoms with E-state index in [1.807, 2.05) is 0 Å². The monoisotopic (exact) mass is 190 g/mol. The van der Waals surface area contributed by atoms with Crippen LogP contribution < -0.4 is 5.73 Å². The number of carbonyl (C=O) groups excluding carboxylic acids is 1. The van der Waals surface area contributed by atoms with Gasteiger partial charge in [0.2, 0.25) is 0 Å². The van der Waals surface area contributed by atoms with E-state index in [1.165, 1.54) is 6.33 Å². The van der Waals surface area contributed by atoms with Crippen LogP contribution in [-0.4, -0.2) is 26.4 Å². The number of rotatable bonds is 2. The molecule has 5 nitrogen and oxygen atoms in total. The predicted molar refractivity (Wildman–Crippen MR) is 51.0 cm³/mol. The Bertz CT molecular complexity index is 474. The molecule has 5 heteroatoms. The summed E-state index contributed by atoms with van der Waals surface area (Å²) < 4.78 is 1.55. The number of pyridine rings is 1. The zero-order valence-corrected chi connectivity index (χ0v) is 7.71. The quantitative estimate of drug-likeness (QED) is 0.689. The van der Waals surface area contributed by atoms with Gasteiger partial charge in [0.15, 0.2) is 11.4 Å². The molecule has 0 aliphatic rings. The number of carbonyl (C=O) groups is 1. The largest absolute Gasteiger partial charge is 0.321 e. The first kappa shape index (κ1) is 8.83. The third kappa shape index (κ3) is 1.27. The molecule has 72 valence electrons. The van der Waals surface area contributed by atoms with Crippen molar-refractivity contribution < 1.29 is 4.79 Å². The minimum atomic E-state index is -0.516. The maximum atomic E-state index is 11.7. The second-order valence-electron chi connectivity index (χ2n) is 3.10. The molecule has 2 N–H and O–H groups in total. The van der Waals surface area contributed by atoms with Gasteiger partial charge in [-0.2, -0.15) is 5.10 Å². The number of aromatic nitrogens is 3. The third-order valence-corrected chi connectivity index (χ3v) is 1.98. The highest BCUT2D eigenvalue weighted by Crippen LogP contribution is 2.08. The van der Waals surface area contributed by atoms with E-state index in [9.17, 15) is 4.79 Å². The lowest BCUT2D eigenvalue weighted by Gasteiger charge is -2.04. The van der Waals surface area contributed by atoms with Crippen molar-refractivity contribution >= 4 is 11.4 Å². The minimum absolute atomic E-state index is 0.122. The maximum absolute atomic E-state index is 11.7. The summed E-state index contributed by atoms with van der Waals surface area (Å²) in [5, 5.41) is 3.93. The first-order valence-electron chi connectivity index (χ1n) is 4.28. The van der Waals surface area contributed by atoms with Crippen LogP contribution in [0.3, 0.4) is 0 Å². The Morgan fingerprint density at radius 3 is 3.14 bits per heavy atom. The van der Waals surface area contributed by atoms with E-state index in [-0.39, 0.29) is 5.78 Å². The number of nitrogens with zero attached hydrogens (tertiary/aromatic N) is 3. The molecule has 2 rings (SSSR count). The van der Waals surface area contributed by atoms with Crippen LogP contribution in [0.1, 0.15) is 17.3 Å². The molecule has 0 fully saturated rings. The van der Waals surface area contributed by atoms with E-state index in [0.29, 0.717) is 11.2 Å². The molecule has 0 aliphatic carbocycles. The van der Waals surface area contributed by atoms with Crippen molar-refractivity contribution in [2.45, 2.75) is 13.0 Å². The van der Waals surface area contributed by atoms with E-state index in [4.69, 9.17) is 5.73 Å². The topological polar surface area (TPSA) is 73.3 Å². The van der Waals surface area contributed by atoms with E-state index in [2.05, 4.69) is 10.1 Å². The third-order valence-electron chi connectivity index (χ3n) is 1.98. The fourth-order valence-corrected chi connectivity index (χ4v) is 1.28. The average Bonchev–Trinajstić information content (AvgIpc) is 2.63. The van der Waals surface area contributed by atoms with Crippen LogP contribution in [0.4, 0.5) is 0 Å². The molecule has 0 amide bonds. The Morgan fingerprint density at radius 1 is 1.64 bits per heavy atom. The molecule has 0 saturated carbocycles. The van der Waals surface area contributed by atoms with Gasteiger partial charge >= 0.3 is 0 Å². The summed E-state index contributed by atoms with van der Waals surface area (Å²) >= 11 is 0. The minimum Gasteiger partial charge on any atom is -0.321 e. The van der Waals surface area contributed by atoms with Crippen molar-refractivity contribution in [1.29, 1.82) is 0 Å². The van der Waals surface area contributed by atoms with Crippen molar-refractivity contribution in [2.24, 2.45) is 5.73 Å². The lowest BCUT2D eigenvalue weighted by atomic mass is 10.1. The van der Waals surface area contributed by atoms with Gasteiger partial charge in [-0.3, -0.25) is 4.79 Å². The number of ketones is 1. The van der Waals surface area contributed by atoms with E-state index in [1.54, 1.807) is 29.8 Å². The number of Topliss-reactive ketones (excluding diaryl/α,β-unsaturated/α-hetero) is 1. The van der Waals surface area contributed by atoms with Gasteiger partial charge in [-0.25, -0.2) is 9.50 Å². The Labute approximate surface area is 80.6 Å². The maximum Gasteiger partial charge on any atom is 0.183 e. The highest BCUT2D eigenvalue weighted by Gasteiger charge is 2.15. The summed E-state index contributed by atoms with van der Waals surface area (Å²) in [4.78, 5) is 15.6. The smallest absolute Gasteiger partial charge is 0.183 e. The fourth-order valence-electron chi connectivity index (χ4n) is 1.28. The lowest BCUT2D eigenvalue weighted by Crippen LogP contribution is -2.27. The van der Waals surface area contributed by atoms with Gasteiger partial charge in [0.1, 0.15) is 6.33 Å². The van der Waals surface area contributed by atoms with Crippen molar-refractivity contribution in [2.75, 3.05) is 0 Å². The summed E-state index contributed by atoms with van der Waals surface area (Å²) in [6, 6.07) is 2.94. The van der Waals surface area contributed by atoms with Gasteiger partial charge in [0.25, 0.3) is 0 Å². The van der Waals surface area contributed by atoms with Crippen LogP contribution in [0.15, 0.2) is 24.7 Å². The normalized spacial score (nSPS) is 13.0. The summed E-state index contributed by atoms with van der Waals surface area (Å²) in [6.45, 7) is 1.65. The molecule has 0 saturated heterocycles. The SMILES string of the molecule is CC(N)C(=O)c1cccn2ncnc12. The summed E-state index contributed by atoms with van der Waals surface area (Å²) in [5.74, 6) is -0.122. The molecule has 0 radical (unpaired) electrons. The van der Waals surface area contributed by atoms with Gasteiger partial charge in [0.05, 0.1) is 11.6 Å². The molecular formula is C9H10N4O. The lowest BCUT2D eigenvalue weighted by molar-refractivity contribution is 0.0969. The van der Waals surface area contributed by atoms with E-state index >= 15 is 0 Å². The number of hydrogen-bond donors (Lipinski definition) is 1. The van der Waals surface area contributed by atoms with Crippen LogP contribution in [0.2, 0.25) is 0 Å². The second kappa shape index (κ2) is 3.19. The van der Waals surface area contributed by atoms with Gasteiger partial charge < -0.3 is 5.73 Å². The highest BCUT2D eigenvalue weighted by molar-refractivity contribution is 6.04. The molecular weight excluding hydrogens is 180 g/mol. The standard InChI is InChI=1S/C9H10N4O/c1-6(10)8(14)7-3-2-4-13-9(7)11-5-12-13/h2-6H,10H2,1H3. The molecule has 1 unspecified atom stereocenters. The average molecular weight is 190 g/mol. The summed E-state index contributed by atoms with van der Waals surface area (Å²) in [6.07, 6.45) is 3.15. The van der Waals surface area contributed by atoms with Crippen LogP contribution >= 0.6 is 0 Å². The Balaban J connectivity index is 2.62. The van der Waals surface area contributed by atoms with Crippen molar-refractivity contribution in [3.05, 3.63) is 30.2 Å². The Kier molecular flexibility index (Phi) is 2.01. The van der Waals surface area contributed by atoms with Gasteiger partial charge in [0, 0.05) is 6.20 Å². The highest BCUT2D eigenvalue weighted by atomic mass is 16.1. The Morgan fingerprint density at radius 2 is 2.43 bits per heavy atom. The number of hydrogen-bond acceptors (Lipinski definition) is 4. The Hall–Kier alpha value is -1.75. The van der Waals surface area contributed by atoms with E-state index in [0.717, 1.165) is 0 Å². The molecule has 0 spiro atoms.